The van der Waals surface area contributed by atoms with Gasteiger partial charge in [-0.2, -0.15) is 0 Å². The molecule has 0 spiro atoms. The monoisotopic (exact) mass is 166 g/mol. The molecule has 2 heteroatoms. The van der Waals surface area contributed by atoms with Gasteiger partial charge in [0, 0.05) is 5.57 Å². The Kier molecular flexibility index (Phi) is 3.09. The van der Waals surface area contributed by atoms with Gasteiger partial charge in [-0.25, -0.2) is 0 Å². The van der Waals surface area contributed by atoms with Crippen molar-refractivity contribution in [2.75, 3.05) is 0 Å². The maximum Gasteiger partial charge on any atom is 0.149 e. The third kappa shape index (κ3) is 2.22. The molecule has 0 saturated heterocycles. The highest BCUT2D eigenvalue weighted by atomic mass is 16.5. The lowest BCUT2D eigenvalue weighted by molar-refractivity contribution is -0.105. The molecule has 1 rings (SSSR count). The quantitative estimate of drug-likeness (QED) is 0.441. The van der Waals surface area contributed by atoms with E-state index < -0.39 is 0 Å². The van der Waals surface area contributed by atoms with Gasteiger partial charge in [-0.15, -0.1) is 0 Å². The van der Waals surface area contributed by atoms with E-state index in [2.05, 4.69) is 6.08 Å². The van der Waals surface area contributed by atoms with Gasteiger partial charge < -0.3 is 4.74 Å². The largest absolute Gasteiger partial charge is 0.494 e. The minimum Gasteiger partial charge on any atom is -0.494 e. The van der Waals surface area contributed by atoms with Crippen molar-refractivity contribution in [3.63, 3.8) is 0 Å². The number of aldehydes is 1. The number of hydrogen-bond acceptors (Lipinski definition) is 2. The van der Waals surface area contributed by atoms with Crippen LogP contribution in [-0.2, 0) is 9.53 Å². The van der Waals surface area contributed by atoms with Crippen molar-refractivity contribution in [1.82, 2.24) is 0 Å². The van der Waals surface area contributed by atoms with Crippen LogP contribution in [0.5, 0.6) is 0 Å². The molecule has 66 valence electrons. The molecule has 0 aromatic heterocycles. The molecule has 0 aliphatic carbocycles. The highest BCUT2D eigenvalue weighted by molar-refractivity contribution is 5.72. The molecule has 0 bridgehead atoms. The van der Waals surface area contributed by atoms with Crippen LogP contribution in [0.1, 0.15) is 26.7 Å². The molecule has 0 unspecified atom stereocenters. The zero-order valence-corrected chi connectivity index (χ0v) is 7.54. The minimum absolute atomic E-state index is 0.0975. The van der Waals surface area contributed by atoms with Crippen LogP contribution in [0.2, 0.25) is 0 Å². The van der Waals surface area contributed by atoms with E-state index in [9.17, 15) is 4.79 Å². The number of hydrogen-bond donors (Lipinski definition) is 0. The number of rotatable bonds is 1. The number of carbonyl (C=O) groups excluding carboxylic acids is 1. The Balaban J connectivity index is 2.67. The first-order chi connectivity index (χ1) is 5.74. The summed E-state index contributed by atoms with van der Waals surface area (Å²) in [6, 6.07) is 0. The van der Waals surface area contributed by atoms with Gasteiger partial charge in [-0.1, -0.05) is 6.08 Å². The first kappa shape index (κ1) is 9.04. The standard InChI is InChI=1S/C10H14O2/c1-8-4-3-5-10(6-11)7-12-9(8)2/h4,6-7,9H,3,5H2,1-2H3/b8-4-,10-7+/t9-/m1/s1. The molecular weight excluding hydrogens is 152 g/mol. The van der Waals surface area contributed by atoms with Gasteiger partial charge in [0.25, 0.3) is 0 Å². The molecule has 0 fully saturated rings. The molecule has 1 heterocycles. The van der Waals surface area contributed by atoms with Gasteiger partial charge >= 0.3 is 0 Å². The van der Waals surface area contributed by atoms with E-state index in [-0.39, 0.29) is 6.10 Å². The third-order valence-corrected chi connectivity index (χ3v) is 2.12. The average Bonchev–Trinajstić information content (AvgIpc) is 2.07. The summed E-state index contributed by atoms with van der Waals surface area (Å²) in [7, 11) is 0. The summed E-state index contributed by atoms with van der Waals surface area (Å²) < 4.78 is 5.34. The zero-order chi connectivity index (χ0) is 8.97. The Morgan fingerprint density at radius 3 is 3.08 bits per heavy atom. The maximum atomic E-state index is 10.4. The van der Waals surface area contributed by atoms with Crippen LogP contribution >= 0.6 is 0 Å². The molecule has 0 aromatic carbocycles. The second-order valence-electron chi connectivity index (χ2n) is 3.08. The summed E-state index contributed by atoms with van der Waals surface area (Å²) >= 11 is 0. The van der Waals surface area contributed by atoms with Crippen molar-refractivity contribution < 1.29 is 9.53 Å². The lowest BCUT2D eigenvalue weighted by atomic mass is 10.1. The highest BCUT2D eigenvalue weighted by Crippen LogP contribution is 2.14. The third-order valence-electron chi connectivity index (χ3n) is 2.12. The first-order valence-electron chi connectivity index (χ1n) is 4.20. The summed E-state index contributed by atoms with van der Waals surface area (Å²) in [5.74, 6) is 0. The molecule has 0 N–H and O–H groups in total. The molecule has 2 nitrogen and oxygen atoms in total. The zero-order valence-electron chi connectivity index (χ0n) is 7.54. The molecule has 1 aliphatic rings. The summed E-state index contributed by atoms with van der Waals surface area (Å²) in [6.07, 6.45) is 6.38. The van der Waals surface area contributed by atoms with Crippen molar-refractivity contribution in [1.29, 1.82) is 0 Å². The van der Waals surface area contributed by atoms with Gasteiger partial charge in [-0.3, -0.25) is 4.79 Å². The minimum atomic E-state index is 0.0975. The summed E-state index contributed by atoms with van der Waals surface area (Å²) in [5, 5.41) is 0. The van der Waals surface area contributed by atoms with Gasteiger partial charge in [0.1, 0.15) is 12.4 Å². The molecule has 1 atom stereocenters. The van der Waals surface area contributed by atoms with E-state index in [0.717, 1.165) is 24.7 Å². The van der Waals surface area contributed by atoms with E-state index in [1.165, 1.54) is 5.57 Å². The molecule has 0 aromatic rings. The van der Waals surface area contributed by atoms with Crippen LogP contribution in [0.25, 0.3) is 0 Å². The molecule has 0 radical (unpaired) electrons. The number of carbonyl (C=O) groups is 1. The van der Waals surface area contributed by atoms with Crippen LogP contribution in [0.3, 0.4) is 0 Å². The molecule has 12 heavy (non-hydrogen) atoms. The van der Waals surface area contributed by atoms with Crippen LogP contribution < -0.4 is 0 Å². The summed E-state index contributed by atoms with van der Waals surface area (Å²) in [4.78, 5) is 10.4. The van der Waals surface area contributed by atoms with Crippen LogP contribution in [-0.4, -0.2) is 12.4 Å². The van der Waals surface area contributed by atoms with Gasteiger partial charge in [-0.05, 0) is 32.3 Å². The predicted octanol–water partition coefficient (Wildman–Crippen LogP) is 2.21. The second-order valence-corrected chi connectivity index (χ2v) is 3.08. The van der Waals surface area contributed by atoms with Crippen molar-refractivity contribution in [3.8, 4) is 0 Å². The van der Waals surface area contributed by atoms with Gasteiger partial charge in [0.05, 0.1) is 6.26 Å². The second kappa shape index (κ2) is 4.10. The average molecular weight is 166 g/mol. The van der Waals surface area contributed by atoms with E-state index in [4.69, 9.17) is 4.74 Å². The molecule has 1 aliphatic heterocycles. The fourth-order valence-electron chi connectivity index (χ4n) is 1.07. The van der Waals surface area contributed by atoms with E-state index >= 15 is 0 Å². The Labute approximate surface area is 72.9 Å². The number of ether oxygens (including phenoxy) is 1. The Hall–Kier alpha value is -1.05. The van der Waals surface area contributed by atoms with E-state index in [1.54, 1.807) is 6.26 Å². The van der Waals surface area contributed by atoms with Crippen LogP contribution in [0.4, 0.5) is 0 Å². The number of allylic oxidation sites excluding steroid dienone is 2. The summed E-state index contributed by atoms with van der Waals surface area (Å²) in [5.41, 5.74) is 1.97. The molecule has 0 amide bonds. The van der Waals surface area contributed by atoms with Gasteiger partial charge in [0.15, 0.2) is 0 Å². The fraction of sp³-hybridized carbons (Fsp3) is 0.500. The molecule has 0 saturated carbocycles. The van der Waals surface area contributed by atoms with Crippen molar-refractivity contribution >= 4 is 6.29 Å². The van der Waals surface area contributed by atoms with Crippen LogP contribution in [0.15, 0.2) is 23.5 Å². The lowest BCUT2D eigenvalue weighted by Gasteiger charge is -2.15. The topological polar surface area (TPSA) is 26.3 Å². The Morgan fingerprint density at radius 1 is 1.67 bits per heavy atom. The van der Waals surface area contributed by atoms with Crippen molar-refractivity contribution in [2.24, 2.45) is 0 Å². The van der Waals surface area contributed by atoms with E-state index in [1.807, 2.05) is 13.8 Å². The van der Waals surface area contributed by atoms with Crippen molar-refractivity contribution in [3.05, 3.63) is 23.5 Å². The lowest BCUT2D eigenvalue weighted by Crippen LogP contribution is -2.08. The maximum absolute atomic E-state index is 10.4. The van der Waals surface area contributed by atoms with Crippen molar-refractivity contribution in [2.45, 2.75) is 32.8 Å². The molecular formula is C10H14O2. The van der Waals surface area contributed by atoms with Crippen LogP contribution in [0, 0.1) is 0 Å². The fourth-order valence-corrected chi connectivity index (χ4v) is 1.07. The van der Waals surface area contributed by atoms with Gasteiger partial charge in [0.2, 0.25) is 0 Å². The van der Waals surface area contributed by atoms with E-state index in [0.29, 0.717) is 0 Å². The smallest absolute Gasteiger partial charge is 0.149 e. The Bertz CT molecular complexity index is 226. The normalized spacial score (nSPS) is 33.0. The highest BCUT2D eigenvalue weighted by Gasteiger charge is 2.06. The SMILES string of the molecule is C/C1=C/CC/C(C=O)=C\O[C@@H]1C. The first-order valence-corrected chi connectivity index (χ1v) is 4.20. The summed E-state index contributed by atoms with van der Waals surface area (Å²) in [6.45, 7) is 4.03. The Morgan fingerprint density at radius 2 is 2.42 bits per heavy atom. The predicted molar refractivity (Wildman–Crippen MR) is 47.7 cm³/mol.